The summed E-state index contributed by atoms with van der Waals surface area (Å²) < 4.78 is 0. The highest BCUT2D eigenvalue weighted by Gasteiger charge is 2.01. The number of hydrogen-bond acceptors (Lipinski definition) is 1. The Morgan fingerprint density at radius 2 is 2.27 bits per heavy atom. The number of nitrogens with zero attached hydrogens (tertiary/aromatic N) is 1. The van der Waals surface area contributed by atoms with Crippen molar-refractivity contribution in [3.8, 4) is 0 Å². The van der Waals surface area contributed by atoms with Crippen molar-refractivity contribution in [3.63, 3.8) is 0 Å². The molecule has 1 nitrogen and oxygen atoms in total. The number of allylic oxidation sites excluding steroid dienone is 3. The highest BCUT2D eigenvalue weighted by molar-refractivity contribution is 5.71. The third-order valence-corrected chi connectivity index (χ3v) is 1.74. The van der Waals surface area contributed by atoms with Crippen LogP contribution in [0.3, 0.4) is 0 Å². The molecule has 0 aromatic rings. The first-order valence-corrected chi connectivity index (χ1v) is 4.07. The minimum absolute atomic E-state index is 0.552. The van der Waals surface area contributed by atoms with E-state index in [4.69, 9.17) is 0 Å². The maximum Gasteiger partial charge on any atom is 0.0389 e. The lowest BCUT2D eigenvalue weighted by atomic mass is 10.1. The molecule has 0 aliphatic carbocycles. The average Bonchev–Trinajstić information content (AvgIpc) is 2.05. The quantitative estimate of drug-likeness (QED) is 0.547. The summed E-state index contributed by atoms with van der Waals surface area (Å²) in [6.45, 7) is 9.93. The van der Waals surface area contributed by atoms with Crippen LogP contribution in [0.2, 0.25) is 0 Å². The summed E-state index contributed by atoms with van der Waals surface area (Å²) in [4.78, 5) is 4.25. The second kappa shape index (κ2) is 5.90. The molecule has 0 saturated heterocycles. The Bertz CT molecular complexity index is 166. The number of aliphatic imine (C=N–C) groups is 1. The molecule has 0 heterocycles. The van der Waals surface area contributed by atoms with Gasteiger partial charge in [0.05, 0.1) is 0 Å². The molecule has 0 radical (unpaired) electrons. The zero-order chi connectivity index (χ0) is 8.69. The summed E-state index contributed by atoms with van der Waals surface area (Å²) in [5, 5.41) is 0. The monoisotopic (exact) mass is 151 g/mol. The molecule has 0 aromatic carbocycles. The van der Waals surface area contributed by atoms with E-state index >= 15 is 0 Å². The van der Waals surface area contributed by atoms with Gasteiger partial charge in [0.1, 0.15) is 0 Å². The first kappa shape index (κ1) is 10.2. The minimum Gasteiger partial charge on any atom is -0.261 e. The van der Waals surface area contributed by atoms with E-state index < -0.39 is 0 Å². The predicted molar refractivity (Wildman–Crippen MR) is 51.9 cm³/mol. The first-order chi connectivity index (χ1) is 5.26. The van der Waals surface area contributed by atoms with E-state index in [0.717, 1.165) is 12.1 Å². The molecule has 0 spiro atoms. The van der Waals surface area contributed by atoms with Gasteiger partial charge in [-0.2, -0.15) is 0 Å². The smallest absolute Gasteiger partial charge is 0.0389 e. The van der Waals surface area contributed by atoms with Crippen LogP contribution in [0, 0.1) is 5.92 Å². The molecular weight excluding hydrogens is 134 g/mol. The molecule has 0 rings (SSSR count). The second-order valence-corrected chi connectivity index (χ2v) is 2.54. The summed E-state index contributed by atoms with van der Waals surface area (Å²) in [5.41, 5.74) is 1.15. The Morgan fingerprint density at radius 3 is 2.64 bits per heavy atom. The lowest BCUT2D eigenvalue weighted by Crippen LogP contribution is -1.94. The van der Waals surface area contributed by atoms with Crippen molar-refractivity contribution in [3.05, 3.63) is 24.4 Å². The van der Waals surface area contributed by atoms with Gasteiger partial charge in [-0.1, -0.05) is 32.6 Å². The summed E-state index contributed by atoms with van der Waals surface area (Å²) in [6.07, 6.45) is 6.62. The largest absolute Gasteiger partial charge is 0.261 e. The topological polar surface area (TPSA) is 12.4 Å². The Morgan fingerprint density at radius 1 is 1.64 bits per heavy atom. The Labute approximate surface area is 69.5 Å². The molecule has 1 atom stereocenters. The molecule has 11 heavy (non-hydrogen) atoms. The molecule has 0 saturated carbocycles. The van der Waals surface area contributed by atoms with Crippen molar-refractivity contribution in [1.82, 2.24) is 0 Å². The molecule has 0 amide bonds. The Balaban J connectivity index is 4.18. The molecule has 0 aromatic heterocycles. The molecule has 0 N–H and O–H groups in total. The van der Waals surface area contributed by atoms with Gasteiger partial charge in [0, 0.05) is 11.9 Å². The van der Waals surface area contributed by atoms with Crippen molar-refractivity contribution in [2.75, 3.05) is 0 Å². The van der Waals surface area contributed by atoms with E-state index in [1.165, 1.54) is 0 Å². The van der Waals surface area contributed by atoms with Crippen LogP contribution in [0.1, 0.15) is 27.2 Å². The molecule has 1 unspecified atom stereocenters. The normalized spacial score (nSPS) is 15.4. The Hall–Kier alpha value is -0.850. The maximum absolute atomic E-state index is 4.25. The van der Waals surface area contributed by atoms with Crippen LogP contribution in [0.5, 0.6) is 0 Å². The molecule has 0 aliphatic heterocycles. The van der Waals surface area contributed by atoms with E-state index in [0.29, 0.717) is 5.92 Å². The highest BCUT2D eigenvalue weighted by atomic mass is 14.7. The fourth-order valence-electron chi connectivity index (χ4n) is 0.834. The highest BCUT2D eigenvalue weighted by Crippen LogP contribution is 2.14. The van der Waals surface area contributed by atoms with Crippen molar-refractivity contribution in [1.29, 1.82) is 0 Å². The average molecular weight is 151 g/mol. The van der Waals surface area contributed by atoms with Crippen LogP contribution < -0.4 is 0 Å². The first-order valence-electron chi connectivity index (χ1n) is 4.07. The zero-order valence-corrected chi connectivity index (χ0v) is 7.67. The summed E-state index contributed by atoms with van der Waals surface area (Å²) in [7, 11) is 0. The van der Waals surface area contributed by atoms with E-state index in [1.807, 2.05) is 13.0 Å². The predicted octanol–water partition coefficient (Wildman–Crippen LogP) is 3.19. The standard InChI is InChI=1S/C10H17N/c1-5-8-11-10(7-3)9(4)6-2/h5,7-9H,1,6H2,2-4H3/b10-7+,11-8-. The van der Waals surface area contributed by atoms with Crippen LogP contribution in [-0.4, -0.2) is 6.21 Å². The van der Waals surface area contributed by atoms with Gasteiger partial charge in [0.25, 0.3) is 0 Å². The lowest BCUT2D eigenvalue weighted by molar-refractivity contribution is 0.648. The van der Waals surface area contributed by atoms with Crippen molar-refractivity contribution >= 4 is 6.21 Å². The van der Waals surface area contributed by atoms with E-state index in [-0.39, 0.29) is 0 Å². The molecular formula is C10H17N. The van der Waals surface area contributed by atoms with Crippen LogP contribution in [0.25, 0.3) is 0 Å². The second-order valence-electron chi connectivity index (χ2n) is 2.54. The molecule has 62 valence electrons. The van der Waals surface area contributed by atoms with Gasteiger partial charge >= 0.3 is 0 Å². The van der Waals surface area contributed by atoms with E-state index in [1.54, 1.807) is 12.3 Å². The number of hydrogen-bond donors (Lipinski definition) is 0. The van der Waals surface area contributed by atoms with Gasteiger partial charge in [0.2, 0.25) is 0 Å². The van der Waals surface area contributed by atoms with Crippen LogP contribution in [0.15, 0.2) is 29.4 Å². The van der Waals surface area contributed by atoms with Gasteiger partial charge < -0.3 is 0 Å². The minimum atomic E-state index is 0.552. The molecule has 0 bridgehead atoms. The molecule has 0 aliphatic rings. The molecule has 1 heteroatoms. The Kier molecular flexibility index (Phi) is 5.44. The van der Waals surface area contributed by atoms with E-state index in [2.05, 4.69) is 25.4 Å². The fourth-order valence-corrected chi connectivity index (χ4v) is 0.834. The van der Waals surface area contributed by atoms with Gasteiger partial charge in [-0.3, -0.25) is 4.99 Å². The van der Waals surface area contributed by atoms with Crippen LogP contribution in [0.4, 0.5) is 0 Å². The summed E-state index contributed by atoms with van der Waals surface area (Å²) >= 11 is 0. The fraction of sp³-hybridized carbons (Fsp3) is 0.500. The van der Waals surface area contributed by atoms with Gasteiger partial charge in [-0.25, -0.2) is 0 Å². The van der Waals surface area contributed by atoms with Crippen molar-refractivity contribution < 1.29 is 0 Å². The van der Waals surface area contributed by atoms with Gasteiger partial charge in [0.15, 0.2) is 0 Å². The number of rotatable bonds is 4. The van der Waals surface area contributed by atoms with Gasteiger partial charge in [-0.05, 0) is 19.3 Å². The summed E-state index contributed by atoms with van der Waals surface area (Å²) in [6, 6.07) is 0. The third-order valence-electron chi connectivity index (χ3n) is 1.74. The van der Waals surface area contributed by atoms with Crippen LogP contribution in [-0.2, 0) is 0 Å². The van der Waals surface area contributed by atoms with Crippen LogP contribution >= 0.6 is 0 Å². The van der Waals surface area contributed by atoms with Crippen molar-refractivity contribution in [2.45, 2.75) is 27.2 Å². The van der Waals surface area contributed by atoms with E-state index in [9.17, 15) is 0 Å². The van der Waals surface area contributed by atoms with Crippen molar-refractivity contribution in [2.24, 2.45) is 10.9 Å². The molecule has 0 fully saturated rings. The third kappa shape index (κ3) is 3.76. The zero-order valence-electron chi connectivity index (χ0n) is 7.67. The SMILES string of the molecule is C=C/C=N\C(=C\C)C(C)CC. The summed E-state index contributed by atoms with van der Waals surface area (Å²) in [5.74, 6) is 0.552. The lowest BCUT2D eigenvalue weighted by Gasteiger charge is -2.07. The maximum atomic E-state index is 4.25. The van der Waals surface area contributed by atoms with Gasteiger partial charge in [-0.15, -0.1) is 0 Å².